The first-order valence-electron chi connectivity index (χ1n) is 5.24. The van der Waals surface area contributed by atoms with Crippen molar-refractivity contribution < 1.29 is 14.3 Å². The Morgan fingerprint density at radius 3 is 2.93 bits per heavy atom. The molecule has 0 aromatic heterocycles. The zero-order chi connectivity index (χ0) is 9.97. The first-order chi connectivity index (χ1) is 6.81. The van der Waals surface area contributed by atoms with Crippen LogP contribution in [0, 0.1) is 0 Å². The number of hydrogen-bond donors (Lipinski definition) is 0. The molecule has 80 valence electrons. The van der Waals surface area contributed by atoms with E-state index in [-0.39, 0.29) is 12.0 Å². The standard InChI is InChI=1S/C10H17NO3/c1-13-10(12)9-4-5-11(9)7-8-3-2-6-14-8/h8-9H,2-7H2,1H3. The van der Waals surface area contributed by atoms with E-state index in [0.29, 0.717) is 6.10 Å². The predicted octanol–water partition coefficient (Wildman–Crippen LogP) is 0.413. The molecule has 4 nitrogen and oxygen atoms in total. The highest BCUT2D eigenvalue weighted by atomic mass is 16.5. The lowest BCUT2D eigenvalue weighted by Crippen LogP contribution is -2.54. The molecule has 0 N–H and O–H groups in total. The fourth-order valence-electron chi connectivity index (χ4n) is 2.11. The van der Waals surface area contributed by atoms with E-state index >= 15 is 0 Å². The number of rotatable bonds is 3. The minimum absolute atomic E-state index is 0.0100. The van der Waals surface area contributed by atoms with Gasteiger partial charge >= 0.3 is 5.97 Å². The number of methoxy groups -OCH3 is 1. The Bertz CT molecular complexity index is 213. The molecule has 2 unspecified atom stereocenters. The Morgan fingerprint density at radius 1 is 1.57 bits per heavy atom. The van der Waals surface area contributed by atoms with E-state index < -0.39 is 0 Å². The summed E-state index contributed by atoms with van der Waals surface area (Å²) in [6, 6.07) is -0.0100. The van der Waals surface area contributed by atoms with Crippen LogP contribution in [0.4, 0.5) is 0 Å². The summed E-state index contributed by atoms with van der Waals surface area (Å²) < 4.78 is 10.3. The summed E-state index contributed by atoms with van der Waals surface area (Å²) in [4.78, 5) is 13.4. The summed E-state index contributed by atoms with van der Waals surface area (Å²) >= 11 is 0. The van der Waals surface area contributed by atoms with Crippen molar-refractivity contribution in [1.82, 2.24) is 4.90 Å². The molecule has 2 heterocycles. The quantitative estimate of drug-likeness (QED) is 0.617. The molecule has 2 rings (SSSR count). The minimum Gasteiger partial charge on any atom is -0.468 e. The Balaban J connectivity index is 1.78. The van der Waals surface area contributed by atoms with Crippen LogP contribution in [0.15, 0.2) is 0 Å². The van der Waals surface area contributed by atoms with Gasteiger partial charge in [-0.15, -0.1) is 0 Å². The molecule has 0 aliphatic carbocycles. The third kappa shape index (κ3) is 1.91. The Morgan fingerprint density at radius 2 is 2.43 bits per heavy atom. The maximum Gasteiger partial charge on any atom is 0.323 e. The smallest absolute Gasteiger partial charge is 0.323 e. The number of carbonyl (C=O) groups is 1. The molecule has 0 spiro atoms. The molecule has 2 atom stereocenters. The molecule has 0 amide bonds. The van der Waals surface area contributed by atoms with Crippen molar-refractivity contribution in [3.63, 3.8) is 0 Å². The Hall–Kier alpha value is -0.610. The summed E-state index contributed by atoms with van der Waals surface area (Å²) in [5.74, 6) is -0.103. The monoisotopic (exact) mass is 199 g/mol. The summed E-state index contributed by atoms with van der Waals surface area (Å²) in [5.41, 5.74) is 0. The van der Waals surface area contributed by atoms with Gasteiger partial charge < -0.3 is 9.47 Å². The summed E-state index contributed by atoms with van der Waals surface area (Å²) in [6.45, 7) is 2.76. The summed E-state index contributed by atoms with van der Waals surface area (Å²) in [6.07, 6.45) is 3.55. The number of hydrogen-bond acceptors (Lipinski definition) is 4. The second-order valence-corrected chi connectivity index (χ2v) is 3.96. The molecule has 2 aliphatic rings. The highest BCUT2D eigenvalue weighted by Crippen LogP contribution is 2.22. The van der Waals surface area contributed by atoms with Crippen LogP contribution in [0.1, 0.15) is 19.3 Å². The molecule has 2 saturated heterocycles. The first kappa shape index (κ1) is 9.93. The van der Waals surface area contributed by atoms with Gasteiger partial charge in [0, 0.05) is 19.7 Å². The highest BCUT2D eigenvalue weighted by Gasteiger charge is 2.36. The number of likely N-dealkylation sites (tertiary alicyclic amines) is 1. The van der Waals surface area contributed by atoms with Crippen molar-refractivity contribution >= 4 is 5.97 Å². The predicted molar refractivity (Wildman–Crippen MR) is 51.0 cm³/mol. The zero-order valence-corrected chi connectivity index (χ0v) is 8.57. The third-order valence-electron chi connectivity index (χ3n) is 3.07. The van der Waals surface area contributed by atoms with E-state index in [2.05, 4.69) is 4.90 Å². The minimum atomic E-state index is -0.103. The van der Waals surface area contributed by atoms with E-state index in [4.69, 9.17) is 9.47 Å². The van der Waals surface area contributed by atoms with Gasteiger partial charge in [-0.25, -0.2) is 0 Å². The molecular formula is C10H17NO3. The molecule has 2 aliphatic heterocycles. The van der Waals surface area contributed by atoms with Crippen LogP contribution in [0.2, 0.25) is 0 Å². The van der Waals surface area contributed by atoms with Gasteiger partial charge in [0.05, 0.1) is 13.2 Å². The van der Waals surface area contributed by atoms with Crippen LogP contribution in [-0.2, 0) is 14.3 Å². The molecule has 4 heteroatoms. The van der Waals surface area contributed by atoms with Crippen LogP contribution in [0.3, 0.4) is 0 Å². The van der Waals surface area contributed by atoms with Gasteiger partial charge in [0.1, 0.15) is 6.04 Å². The van der Waals surface area contributed by atoms with Gasteiger partial charge in [0.2, 0.25) is 0 Å². The van der Waals surface area contributed by atoms with Gasteiger partial charge in [0.25, 0.3) is 0 Å². The molecule has 0 bridgehead atoms. The van der Waals surface area contributed by atoms with E-state index in [1.807, 2.05) is 0 Å². The van der Waals surface area contributed by atoms with Crippen LogP contribution >= 0.6 is 0 Å². The SMILES string of the molecule is COC(=O)C1CCN1CC1CCCO1. The lowest BCUT2D eigenvalue weighted by atomic mass is 10.0. The van der Waals surface area contributed by atoms with E-state index in [1.54, 1.807) is 0 Å². The van der Waals surface area contributed by atoms with Gasteiger partial charge in [-0.05, 0) is 19.3 Å². The lowest BCUT2D eigenvalue weighted by molar-refractivity contribution is -0.152. The van der Waals surface area contributed by atoms with Crippen LogP contribution in [-0.4, -0.2) is 49.8 Å². The second-order valence-electron chi connectivity index (χ2n) is 3.96. The number of nitrogens with zero attached hydrogens (tertiary/aromatic N) is 1. The van der Waals surface area contributed by atoms with Gasteiger partial charge in [-0.3, -0.25) is 9.69 Å². The van der Waals surface area contributed by atoms with Crippen molar-refractivity contribution in [2.24, 2.45) is 0 Å². The molecule has 0 aromatic rings. The largest absolute Gasteiger partial charge is 0.468 e. The second kappa shape index (κ2) is 4.28. The molecular weight excluding hydrogens is 182 g/mol. The number of ether oxygens (including phenoxy) is 2. The average molecular weight is 199 g/mol. The van der Waals surface area contributed by atoms with Crippen LogP contribution < -0.4 is 0 Å². The Kier molecular flexibility index (Phi) is 3.03. The first-order valence-corrected chi connectivity index (χ1v) is 5.24. The topological polar surface area (TPSA) is 38.8 Å². The number of carbonyl (C=O) groups excluding carboxylic acids is 1. The fraction of sp³-hybridized carbons (Fsp3) is 0.900. The molecule has 0 saturated carbocycles. The molecule has 0 aromatic carbocycles. The van der Waals surface area contributed by atoms with Crippen molar-refractivity contribution in [1.29, 1.82) is 0 Å². The van der Waals surface area contributed by atoms with E-state index in [9.17, 15) is 4.79 Å². The lowest BCUT2D eigenvalue weighted by Gasteiger charge is -2.39. The maximum absolute atomic E-state index is 11.3. The summed E-state index contributed by atoms with van der Waals surface area (Å²) in [5, 5.41) is 0. The van der Waals surface area contributed by atoms with Crippen molar-refractivity contribution in [3.8, 4) is 0 Å². The van der Waals surface area contributed by atoms with Gasteiger partial charge in [-0.2, -0.15) is 0 Å². The highest BCUT2D eigenvalue weighted by molar-refractivity contribution is 5.76. The van der Waals surface area contributed by atoms with Crippen molar-refractivity contribution in [2.75, 3.05) is 26.8 Å². The van der Waals surface area contributed by atoms with E-state index in [0.717, 1.165) is 39.0 Å². The molecule has 14 heavy (non-hydrogen) atoms. The van der Waals surface area contributed by atoms with Crippen molar-refractivity contribution in [3.05, 3.63) is 0 Å². The van der Waals surface area contributed by atoms with Crippen LogP contribution in [0.5, 0.6) is 0 Å². The van der Waals surface area contributed by atoms with Gasteiger partial charge in [-0.1, -0.05) is 0 Å². The van der Waals surface area contributed by atoms with Crippen molar-refractivity contribution in [2.45, 2.75) is 31.4 Å². The normalized spacial score (nSPS) is 32.6. The zero-order valence-electron chi connectivity index (χ0n) is 8.57. The maximum atomic E-state index is 11.3. The molecule has 2 fully saturated rings. The molecule has 0 radical (unpaired) electrons. The van der Waals surface area contributed by atoms with Crippen LogP contribution in [0.25, 0.3) is 0 Å². The number of esters is 1. The van der Waals surface area contributed by atoms with Gasteiger partial charge in [0.15, 0.2) is 0 Å². The fourth-order valence-corrected chi connectivity index (χ4v) is 2.11. The average Bonchev–Trinajstić information content (AvgIpc) is 2.64. The Labute approximate surface area is 84.2 Å². The van der Waals surface area contributed by atoms with E-state index in [1.165, 1.54) is 7.11 Å². The summed E-state index contributed by atoms with van der Waals surface area (Å²) in [7, 11) is 1.45. The third-order valence-corrected chi connectivity index (χ3v) is 3.07.